The summed E-state index contributed by atoms with van der Waals surface area (Å²) in [4.78, 5) is 0.529. The Kier molecular flexibility index (Phi) is 2.53. The first kappa shape index (κ1) is 11.5. The molecule has 0 radical (unpaired) electrons. The summed E-state index contributed by atoms with van der Waals surface area (Å²) in [5, 5.41) is 0. The molecule has 1 aromatic carbocycles. The van der Waals surface area contributed by atoms with E-state index in [0.29, 0.717) is 10.8 Å². The van der Waals surface area contributed by atoms with Crippen LogP contribution in [-0.2, 0) is 9.84 Å². The third kappa shape index (κ3) is 1.55. The molecular weight excluding hydrogens is 256 g/mol. The molecule has 0 amide bonds. The average Bonchev–Trinajstić information content (AvgIpc) is 2.52. The lowest BCUT2D eigenvalue weighted by molar-refractivity contribution is 0.132. The van der Waals surface area contributed by atoms with Gasteiger partial charge in [0.05, 0.1) is 10.6 Å². The Morgan fingerprint density at radius 2 is 2.00 bits per heavy atom. The van der Waals surface area contributed by atoms with Gasteiger partial charge >= 0.3 is 0 Å². The minimum atomic E-state index is -3.08. The smallest absolute Gasteiger partial charge is 0.179 e. The summed E-state index contributed by atoms with van der Waals surface area (Å²) in [6, 6.07) is 7.41. The maximum atomic E-state index is 12.1. The first-order valence-electron chi connectivity index (χ1n) is 5.97. The zero-order valence-corrected chi connectivity index (χ0v) is 11.1. The van der Waals surface area contributed by atoms with Crippen LogP contribution in [0.2, 0.25) is 0 Å². The normalized spacial score (nSPS) is 28.4. The van der Waals surface area contributed by atoms with E-state index >= 15 is 0 Å². The molecule has 1 unspecified atom stereocenters. The van der Waals surface area contributed by atoms with Gasteiger partial charge < -0.3 is 0 Å². The lowest BCUT2D eigenvalue weighted by Gasteiger charge is -2.45. The highest BCUT2D eigenvalue weighted by Gasteiger charge is 2.50. The number of rotatable bonds is 2. The molecule has 0 N–H and O–H groups in total. The quantitative estimate of drug-likeness (QED) is 0.775. The minimum Gasteiger partial charge on any atom is -0.224 e. The molecule has 2 aliphatic rings. The van der Waals surface area contributed by atoms with E-state index in [9.17, 15) is 8.42 Å². The molecule has 3 rings (SSSR count). The molecule has 1 heterocycles. The van der Waals surface area contributed by atoms with E-state index in [2.05, 4.69) is 0 Å². The Hall–Kier alpha value is -0.540. The van der Waals surface area contributed by atoms with Crippen molar-refractivity contribution in [1.82, 2.24) is 0 Å². The van der Waals surface area contributed by atoms with E-state index < -0.39 is 9.84 Å². The standard InChI is InChI=1S/C13H15ClO2S/c14-9-13(6-3-7-13)11-8-17(15,16)12-5-2-1-4-10(11)12/h1-2,4-5,11H,3,6-9H2. The lowest BCUT2D eigenvalue weighted by atomic mass is 9.61. The molecule has 1 aliphatic carbocycles. The van der Waals surface area contributed by atoms with Crippen molar-refractivity contribution in [2.75, 3.05) is 11.6 Å². The van der Waals surface area contributed by atoms with Gasteiger partial charge in [0.15, 0.2) is 9.84 Å². The molecule has 1 aliphatic heterocycles. The van der Waals surface area contributed by atoms with E-state index in [1.165, 1.54) is 6.42 Å². The molecule has 0 spiro atoms. The number of fused-ring (bicyclic) bond motifs is 1. The van der Waals surface area contributed by atoms with Crippen LogP contribution in [0.15, 0.2) is 29.2 Å². The minimum absolute atomic E-state index is 0.0290. The number of sulfone groups is 1. The predicted octanol–water partition coefficient (Wildman–Crippen LogP) is 2.97. The van der Waals surface area contributed by atoms with Gasteiger partial charge in [-0.25, -0.2) is 8.42 Å². The van der Waals surface area contributed by atoms with Crippen LogP contribution in [0.3, 0.4) is 0 Å². The van der Waals surface area contributed by atoms with Crippen molar-refractivity contribution in [1.29, 1.82) is 0 Å². The lowest BCUT2D eigenvalue weighted by Crippen LogP contribution is -2.38. The van der Waals surface area contributed by atoms with E-state index in [1.807, 2.05) is 12.1 Å². The van der Waals surface area contributed by atoms with Crippen molar-refractivity contribution in [3.05, 3.63) is 29.8 Å². The van der Waals surface area contributed by atoms with Crippen molar-refractivity contribution < 1.29 is 8.42 Å². The van der Waals surface area contributed by atoms with Gasteiger partial charge in [-0.3, -0.25) is 0 Å². The molecule has 1 atom stereocenters. The van der Waals surface area contributed by atoms with Crippen molar-refractivity contribution >= 4 is 21.4 Å². The summed E-state index contributed by atoms with van der Waals surface area (Å²) in [6.07, 6.45) is 3.29. The number of hydrogen-bond donors (Lipinski definition) is 0. The van der Waals surface area contributed by atoms with Crippen LogP contribution >= 0.6 is 11.6 Å². The largest absolute Gasteiger partial charge is 0.224 e. The Labute approximate surface area is 107 Å². The monoisotopic (exact) mass is 270 g/mol. The van der Waals surface area contributed by atoms with Crippen LogP contribution < -0.4 is 0 Å². The van der Waals surface area contributed by atoms with Gasteiger partial charge in [-0.1, -0.05) is 24.6 Å². The topological polar surface area (TPSA) is 34.1 Å². The van der Waals surface area contributed by atoms with E-state index in [0.717, 1.165) is 18.4 Å². The highest BCUT2D eigenvalue weighted by molar-refractivity contribution is 7.91. The van der Waals surface area contributed by atoms with Gasteiger partial charge in [-0.15, -0.1) is 11.6 Å². The van der Waals surface area contributed by atoms with Gasteiger partial charge in [-0.05, 0) is 29.9 Å². The first-order valence-corrected chi connectivity index (χ1v) is 8.15. The SMILES string of the molecule is O=S1(=O)CC(C2(CCl)CCC2)c2ccccc21. The van der Waals surface area contributed by atoms with E-state index in [-0.39, 0.29) is 17.1 Å². The van der Waals surface area contributed by atoms with Crippen molar-refractivity contribution in [2.24, 2.45) is 5.41 Å². The van der Waals surface area contributed by atoms with Crippen LogP contribution in [0, 0.1) is 5.41 Å². The van der Waals surface area contributed by atoms with Crippen LogP contribution in [0.1, 0.15) is 30.7 Å². The molecule has 0 saturated heterocycles. The van der Waals surface area contributed by atoms with Crippen LogP contribution in [0.4, 0.5) is 0 Å². The maximum Gasteiger partial charge on any atom is 0.179 e. The fraction of sp³-hybridized carbons (Fsp3) is 0.538. The number of hydrogen-bond acceptors (Lipinski definition) is 2. The zero-order chi connectivity index (χ0) is 12.1. The maximum absolute atomic E-state index is 12.1. The summed E-state index contributed by atoms with van der Waals surface area (Å²) >= 11 is 6.10. The molecule has 17 heavy (non-hydrogen) atoms. The molecule has 1 saturated carbocycles. The third-order valence-electron chi connectivity index (χ3n) is 4.37. The van der Waals surface area contributed by atoms with Crippen molar-refractivity contribution in [3.8, 4) is 0 Å². The highest BCUT2D eigenvalue weighted by atomic mass is 35.5. The highest BCUT2D eigenvalue weighted by Crippen LogP contribution is 2.56. The summed E-state index contributed by atoms with van der Waals surface area (Å²) in [6.45, 7) is 0. The van der Waals surface area contributed by atoms with Gasteiger partial charge in [0.1, 0.15) is 0 Å². The first-order chi connectivity index (χ1) is 8.09. The average molecular weight is 271 g/mol. The second-order valence-corrected chi connectivity index (χ2v) is 7.49. The molecular formula is C13H15ClO2S. The van der Waals surface area contributed by atoms with Crippen molar-refractivity contribution in [3.63, 3.8) is 0 Å². The molecule has 1 fully saturated rings. The number of alkyl halides is 1. The fourth-order valence-electron chi connectivity index (χ4n) is 3.16. The van der Waals surface area contributed by atoms with Crippen LogP contribution in [0.25, 0.3) is 0 Å². The van der Waals surface area contributed by atoms with Gasteiger partial charge in [0.2, 0.25) is 0 Å². The van der Waals surface area contributed by atoms with E-state index in [1.54, 1.807) is 12.1 Å². The Morgan fingerprint density at radius 1 is 1.29 bits per heavy atom. The van der Waals surface area contributed by atoms with Crippen molar-refractivity contribution in [2.45, 2.75) is 30.1 Å². The Morgan fingerprint density at radius 3 is 2.59 bits per heavy atom. The summed E-state index contributed by atoms with van der Waals surface area (Å²) in [5.74, 6) is 0.926. The summed E-state index contributed by atoms with van der Waals surface area (Å²) < 4.78 is 24.2. The molecule has 4 heteroatoms. The zero-order valence-electron chi connectivity index (χ0n) is 9.52. The summed E-state index contributed by atoms with van der Waals surface area (Å²) in [7, 11) is -3.08. The van der Waals surface area contributed by atoms with Gasteiger partial charge in [-0.2, -0.15) is 0 Å². The molecule has 1 aromatic rings. The molecule has 0 aromatic heterocycles. The fourth-order valence-corrected chi connectivity index (χ4v) is 5.62. The Balaban J connectivity index is 2.11. The number of halogens is 1. The van der Waals surface area contributed by atoms with E-state index in [4.69, 9.17) is 11.6 Å². The number of benzene rings is 1. The predicted molar refractivity (Wildman–Crippen MR) is 68.2 cm³/mol. The molecule has 2 nitrogen and oxygen atoms in total. The second-order valence-electron chi connectivity index (χ2n) is 5.22. The second kappa shape index (κ2) is 3.72. The molecule has 92 valence electrons. The van der Waals surface area contributed by atoms with Crippen LogP contribution in [-0.4, -0.2) is 20.1 Å². The van der Waals surface area contributed by atoms with Crippen LogP contribution in [0.5, 0.6) is 0 Å². The van der Waals surface area contributed by atoms with Gasteiger partial charge in [0, 0.05) is 11.8 Å². The summed E-state index contributed by atoms with van der Waals surface area (Å²) in [5.41, 5.74) is 1.02. The molecule has 0 bridgehead atoms. The Bertz CT molecular complexity index is 541. The van der Waals surface area contributed by atoms with Gasteiger partial charge in [0.25, 0.3) is 0 Å². The third-order valence-corrected chi connectivity index (χ3v) is 6.72.